The Labute approximate surface area is 135 Å². The van der Waals surface area contributed by atoms with Crippen LogP contribution in [-0.4, -0.2) is 28.5 Å². The van der Waals surface area contributed by atoms with Gasteiger partial charge in [-0.15, -0.1) is 11.3 Å². The summed E-state index contributed by atoms with van der Waals surface area (Å²) in [6, 6.07) is 6.10. The number of hydrogen-bond donors (Lipinski definition) is 1. The zero-order chi connectivity index (χ0) is 15.8. The first kappa shape index (κ1) is 14.3. The van der Waals surface area contributed by atoms with E-state index in [0.29, 0.717) is 24.7 Å². The summed E-state index contributed by atoms with van der Waals surface area (Å²) < 4.78 is 20.3. The van der Waals surface area contributed by atoms with Gasteiger partial charge in [0.25, 0.3) is 0 Å². The van der Waals surface area contributed by atoms with Gasteiger partial charge in [-0.25, -0.2) is 9.37 Å². The molecule has 1 aliphatic heterocycles. The van der Waals surface area contributed by atoms with Crippen LogP contribution in [0, 0.1) is 11.7 Å². The van der Waals surface area contributed by atoms with Gasteiger partial charge in [0, 0.05) is 23.7 Å². The Bertz CT molecular complexity index is 850. The zero-order valence-electron chi connectivity index (χ0n) is 12.2. The van der Waals surface area contributed by atoms with Crippen molar-refractivity contribution in [3.63, 3.8) is 0 Å². The Morgan fingerprint density at radius 1 is 1.39 bits per heavy atom. The summed E-state index contributed by atoms with van der Waals surface area (Å²) in [5.74, 6) is 0.104. The van der Waals surface area contributed by atoms with Crippen molar-refractivity contribution in [3.05, 3.63) is 41.7 Å². The predicted molar refractivity (Wildman–Crippen MR) is 86.0 cm³/mol. The summed E-state index contributed by atoms with van der Waals surface area (Å²) in [4.78, 5) is 17.8. The molecule has 4 rings (SSSR count). The van der Waals surface area contributed by atoms with Gasteiger partial charge in [0.15, 0.2) is 4.96 Å². The van der Waals surface area contributed by atoms with Crippen LogP contribution in [0.15, 0.2) is 35.8 Å². The van der Waals surface area contributed by atoms with Crippen molar-refractivity contribution in [1.82, 2.24) is 9.38 Å². The number of rotatable bonds is 3. The summed E-state index contributed by atoms with van der Waals surface area (Å²) in [7, 11) is 0. The molecule has 0 radical (unpaired) electrons. The lowest BCUT2D eigenvalue weighted by molar-refractivity contribution is -0.119. The van der Waals surface area contributed by atoms with Crippen molar-refractivity contribution < 1.29 is 13.9 Å². The number of anilines is 1. The molecule has 3 aromatic rings. The van der Waals surface area contributed by atoms with Crippen LogP contribution in [0.1, 0.15) is 6.42 Å². The molecule has 0 bridgehead atoms. The molecule has 7 heteroatoms. The van der Waals surface area contributed by atoms with Gasteiger partial charge in [0.05, 0.1) is 12.5 Å². The molecule has 1 atom stereocenters. The number of imidazole rings is 1. The maximum Gasteiger partial charge on any atom is 0.231 e. The molecule has 3 heterocycles. The highest BCUT2D eigenvalue weighted by molar-refractivity contribution is 7.15. The van der Waals surface area contributed by atoms with Crippen molar-refractivity contribution >= 4 is 28.0 Å². The van der Waals surface area contributed by atoms with Gasteiger partial charge in [-0.3, -0.25) is 9.20 Å². The SMILES string of the molecule is O=C(Nc1c(-c2ccc(F)cc2)nc2sccn12)C1CCOC1. The molecule has 1 amide bonds. The molecule has 0 saturated carbocycles. The third-order valence-corrected chi connectivity index (χ3v) is 4.68. The molecule has 1 unspecified atom stereocenters. The van der Waals surface area contributed by atoms with E-state index in [2.05, 4.69) is 10.3 Å². The minimum Gasteiger partial charge on any atom is -0.381 e. The van der Waals surface area contributed by atoms with Crippen molar-refractivity contribution in [2.45, 2.75) is 6.42 Å². The molecule has 118 valence electrons. The monoisotopic (exact) mass is 331 g/mol. The molecule has 1 aromatic carbocycles. The Morgan fingerprint density at radius 3 is 2.96 bits per heavy atom. The van der Waals surface area contributed by atoms with Crippen molar-refractivity contribution in [2.24, 2.45) is 5.92 Å². The number of benzene rings is 1. The first-order valence-corrected chi connectivity index (χ1v) is 8.20. The van der Waals surface area contributed by atoms with Crippen LogP contribution in [0.25, 0.3) is 16.2 Å². The van der Waals surface area contributed by atoms with E-state index < -0.39 is 0 Å². The average molecular weight is 331 g/mol. The topological polar surface area (TPSA) is 55.6 Å². The Hall–Kier alpha value is -2.25. The normalized spacial score (nSPS) is 17.7. The number of hydrogen-bond acceptors (Lipinski definition) is 4. The second-order valence-corrected chi connectivity index (χ2v) is 6.29. The number of carbonyl (C=O) groups excluding carboxylic acids is 1. The first-order chi connectivity index (χ1) is 11.2. The van der Waals surface area contributed by atoms with Crippen LogP contribution in [0.2, 0.25) is 0 Å². The quantitative estimate of drug-likeness (QED) is 0.802. The number of thiazole rings is 1. The second kappa shape index (κ2) is 5.75. The van der Waals surface area contributed by atoms with E-state index in [1.54, 1.807) is 12.1 Å². The summed E-state index contributed by atoms with van der Waals surface area (Å²) in [5.41, 5.74) is 1.41. The lowest BCUT2D eigenvalue weighted by atomic mass is 10.1. The highest BCUT2D eigenvalue weighted by Crippen LogP contribution is 2.31. The number of fused-ring (bicyclic) bond motifs is 1. The van der Waals surface area contributed by atoms with Crippen LogP contribution < -0.4 is 5.32 Å². The van der Waals surface area contributed by atoms with Crippen LogP contribution in [-0.2, 0) is 9.53 Å². The van der Waals surface area contributed by atoms with E-state index >= 15 is 0 Å². The lowest BCUT2D eigenvalue weighted by Gasteiger charge is -2.10. The maximum absolute atomic E-state index is 13.2. The van der Waals surface area contributed by atoms with E-state index in [0.717, 1.165) is 16.9 Å². The Kier molecular flexibility index (Phi) is 3.59. The summed E-state index contributed by atoms with van der Waals surface area (Å²) in [6.45, 7) is 1.06. The Morgan fingerprint density at radius 2 is 2.22 bits per heavy atom. The minimum atomic E-state index is -0.302. The molecule has 1 aliphatic rings. The van der Waals surface area contributed by atoms with Crippen LogP contribution >= 0.6 is 11.3 Å². The van der Waals surface area contributed by atoms with E-state index in [-0.39, 0.29) is 17.6 Å². The second-order valence-electron chi connectivity index (χ2n) is 5.42. The number of nitrogens with one attached hydrogen (secondary N) is 1. The molecule has 2 aromatic heterocycles. The number of nitrogens with zero attached hydrogens (tertiary/aromatic N) is 2. The zero-order valence-corrected chi connectivity index (χ0v) is 13.0. The molecule has 1 saturated heterocycles. The fraction of sp³-hybridized carbons (Fsp3) is 0.250. The van der Waals surface area contributed by atoms with E-state index in [1.807, 2.05) is 16.0 Å². The third-order valence-electron chi connectivity index (χ3n) is 3.92. The highest BCUT2D eigenvalue weighted by Gasteiger charge is 2.26. The molecular weight excluding hydrogens is 317 g/mol. The van der Waals surface area contributed by atoms with Gasteiger partial charge in [0.1, 0.15) is 17.3 Å². The highest BCUT2D eigenvalue weighted by atomic mass is 32.1. The van der Waals surface area contributed by atoms with Gasteiger partial charge in [-0.2, -0.15) is 0 Å². The number of halogens is 1. The predicted octanol–water partition coefficient (Wildman–Crippen LogP) is 3.18. The molecule has 0 spiro atoms. The average Bonchev–Trinajstić information content (AvgIpc) is 3.26. The van der Waals surface area contributed by atoms with Gasteiger partial charge >= 0.3 is 0 Å². The maximum atomic E-state index is 13.2. The summed E-state index contributed by atoms with van der Waals surface area (Å²) in [5, 5.41) is 4.88. The molecule has 1 fully saturated rings. The van der Waals surface area contributed by atoms with E-state index in [9.17, 15) is 9.18 Å². The smallest absolute Gasteiger partial charge is 0.231 e. The van der Waals surface area contributed by atoms with Gasteiger partial charge < -0.3 is 10.1 Å². The third kappa shape index (κ3) is 2.62. The minimum absolute atomic E-state index is 0.0705. The Balaban J connectivity index is 1.74. The molecule has 23 heavy (non-hydrogen) atoms. The fourth-order valence-electron chi connectivity index (χ4n) is 2.67. The first-order valence-electron chi connectivity index (χ1n) is 7.32. The molecular formula is C16H14FN3O2S. The number of ether oxygens (including phenoxy) is 1. The van der Waals surface area contributed by atoms with E-state index in [4.69, 9.17) is 4.74 Å². The largest absolute Gasteiger partial charge is 0.381 e. The number of amides is 1. The van der Waals surface area contributed by atoms with Crippen molar-refractivity contribution in [1.29, 1.82) is 0 Å². The fourth-order valence-corrected chi connectivity index (χ4v) is 3.39. The van der Waals surface area contributed by atoms with Crippen LogP contribution in [0.3, 0.4) is 0 Å². The van der Waals surface area contributed by atoms with Gasteiger partial charge in [-0.1, -0.05) is 0 Å². The van der Waals surface area contributed by atoms with Crippen molar-refractivity contribution in [2.75, 3.05) is 18.5 Å². The summed E-state index contributed by atoms with van der Waals surface area (Å²) in [6.07, 6.45) is 2.59. The van der Waals surface area contributed by atoms with Crippen LogP contribution in [0.5, 0.6) is 0 Å². The van der Waals surface area contributed by atoms with Crippen molar-refractivity contribution in [3.8, 4) is 11.3 Å². The van der Waals surface area contributed by atoms with Gasteiger partial charge in [-0.05, 0) is 30.7 Å². The molecule has 0 aliphatic carbocycles. The summed E-state index contributed by atoms with van der Waals surface area (Å²) >= 11 is 1.48. The van der Waals surface area contributed by atoms with Crippen LogP contribution in [0.4, 0.5) is 10.2 Å². The van der Waals surface area contributed by atoms with E-state index in [1.165, 1.54) is 23.5 Å². The number of carbonyl (C=O) groups is 1. The molecule has 5 nitrogen and oxygen atoms in total. The lowest BCUT2D eigenvalue weighted by Crippen LogP contribution is -2.23. The number of aromatic nitrogens is 2. The van der Waals surface area contributed by atoms with Gasteiger partial charge in [0.2, 0.25) is 5.91 Å². The molecule has 1 N–H and O–H groups in total. The standard InChI is InChI=1S/C16H14FN3O2S/c17-12-3-1-10(2-4-12)13-14(20-6-8-23-16(20)18-13)19-15(21)11-5-7-22-9-11/h1-4,6,8,11H,5,7,9H2,(H,19,21).